The van der Waals surface area contributed by atoms with E-state index in [-0.39, 0.29) is 22.9 Å². The zero-order valence-corrected chi connectivity index (χ0v) is 13.5. The minimum Gasteiger partial charge on any atom is -0.375 e. The van der Waals surface area contributed by atoms with Gasteiger partial charge in [0.25, 0.3) is 11.6 Å². The molecule has 0 radical (unpaired) electrons. The number of amides is 1. The molecule has 1 atom stereocenters. The molecule has 8 nitrogen and oxygen atoms in total. The van der Waals surface area contributed by atoms with Gasteiger partial charge in [-0.1, -0.05) is 19.3 Å². The number of rotatable bonds is 4. The summed E-state index contributed by atoms with van der Waals surface area (Å²) in [5, 5.41) is 14.1. The number of hydrogen-bond donors (Lipinski definition) is 2. The first-order valence-corrected chi connectivity index (χ1v) is 8.34. The van der Waals surface area contributed by atoms with Crippen molar-refractivity contribution in [3.05, 3.63) is 27.9 Å². The van der Waals surface area contributed by atoms with Crippen LogP contribution in [0.25, 0.3) is 0 Å². The molecular weight excluding hydrogens is 312 g/mol. The molecule has 2 fully saturated rings. The lowest BCUT2D eigenvalue weighted by molar-refractivity contribution is -0.385. The maximum atomic E-state index is 11.6. The summed E-state index contributed by atoms with van der Waals surface area (Å²) in [6.07, 6.45) is 8.51. The van der Waals surface area contributed by atoms with Crippen LogP contribution in [0.3, 0.4) is 0 Å². The zero-order chi connectivity index (χ0) is 17.2. The largest absolute Gasteiger partial charge is 0.375 e. The van der Waals surface area contributed by atoms with E-state index in [1.165, 1.54) is 25.3 Å². The molecule has 3 N–H and O–H groups in total. The number of pyridine rings is 1. The van der Waals surface area contributed by atoms with Crippen molar-refractivity contribution < 1.29 is 14.5 Å². The normalized spacial score (nSPS) is 22.9. The SMILES string of the molecule is NC(=O)c1cc([N+](=O)[O-])cnc1NC1CCOC2(CCCCC2)C1. The Kier molecular flexibility index (Phi) is 4.66. The number of hydrogen-bond acceptors (Lipinski definition) is 6. The Morgan fingerprint density at radius 1 is 1.42 bits per heavy atom. The average Bonchev–Trinajstić information content (AvgIpc) is 2.55. The van der Waals surface area contributed by atoms with Gasteiger partial charge in [0.1, 0.15) is 12.0 Å². The van der Waals surface area contributed by atoms with Crippen molar-refractivity contribution in [3.63, 3.8) is 0 Å². The molecule has 2 heterocycles. The summed E-state index contributed by atoms with van der Waals surface area (Å²) in [7, 11) is 0. The van der Waals surface area contributed by atoms with Crippen LogP contribution in [-0.4, -0.2) is 34.1 Å². The van der Waals surface area contributed by atoms with Gasteiger partial charge in [-0.05, 0) is 25.7 Å². The number of nitro groups is 1. The molecule has 0 aromatic carbocycles. The van der Waals surface area contributed by atoms with Crippen LogP contribution in [0.1, 0.15) is 55.3 Å². The maximum absolute atomic E-state index is 11.6. The fraction of sp³-hybridized carbons (Fsp3) is 0.625. The van der Waals surface area contributed by atoms with Crippen LogP contribution in [0.5, 0.6) is 0 Å². The standard InChI is InChI=1S/C16H22N4O4/c17-14(21)13-8-12(20(22)23)10-18-15(13)19-11-4-7-24-16(9-11)5-2-1-3-6-16/h8,10-11H,1-7,9H2,(H2,17,21)(H,18,19). The van der Waals surface area contributed by atoms with Crippen LogP contribution in [0.15, 0.2) is 12.3 Å². The van der Waals surface area contributed by atoms with Gasteiger partial charge >= 0.3 is 0 Å². The van der Waals surface area contributed by atoms with E-state index in [0.29, 0.717) is 12.4 Å². The van der Waals surface area contributed by atoms with Crippen molar-refractivity contribution in [2.45, 2.75) is 56.6 Å². The fourth-order valence-electron chi connectivity index (χ4n) is 3.75. The van der Waals surface area contributed by atoms with E-state index in [0.717, 1.165) is 31.9 Å². The summed E-state index contributed by atoms with van der Waals surface area (Å²) in [4.78, 5) is 26.0. The van der Waals surface area contributed by atoms with Crippen molar-refractivity contribution in [1.29, 1.82) is 0 Å². The molecule has 1 aromatic rings. The van der Waals surface area contributed by atoms with E-state index in [1.54, 1.807) is 0 Å². The predicted octanol–water partition coefficient (Wildman–Crippen LogP) is 2.38. The summed E-state index contributed by atoms with van der Waals surface area (Å²) in [5.74, 6) is -0.418. The number of anilines is 1. The first kappa shape index (κ1) is 16.6. The molecule has 1 unspecified atom stereocenters. The van der Waals surface area contributed by atoms with Gasteiger partial charge in [-0.25, -0.2) is 4.98 Å². The van der Waals surface area contributed by atoms with Crippen LogP contribution in [0.2, 0.25) is 0 Å². The number of carbonyl (C=O) groups is 1. The Bertz CT molecular complexity index is 637. The van der Waals surface area contributed by atoms with Crippen LogP contribution in [-0.2, 0) is 4.74 Å². The van der Waals surface area contributed by atoms with Gasteiger partial charge in [0.15, 0.2) is 0 Å². The molecule has 1 spiro atoms. The summed E-state index contributed by atoms with van der Waals surface area (Å²) in [5.41, 5.74) is 5.08. The van der Waals surface area contributed by atoms with E-state index >= 15 is 0 Å². The Labute approximate surface area is 139 Å². The zero-order valence-electron chi connectivity index (χ0n) is 13.5. The number of aromatic nitrogens is 1. The van der Waals surface area contributed by atoms with Gasteiger partial charge in [-0.3, -0.25) is 14.9 Å². The molecule has 1 amide bonds. The Hall–Kier alpha value is -2.22. The van der Waals surface area contributed by atoms with E-state index in [9.17, 15) is 14.9 Å². The lowest BCUT2D eigenvalue weighted by Gasteiger charge is -2.43. The number of primary amides is 1. The number of nitrogens with two attached hydrogens (primary N) is 1. The fourth-order valence-corrected chi connectivity index (χ4v) is 3.75. The second-order valence-electron chi connectivity index (χ2n) is 6.64. The van der Waals surface area contributed by atoms with Crippen molar-refractivity contribution in [2.75, 3.05) is 11.9 Å². The third-order valence-electron chi connectivity index (χ3n) is 4.95. The highest BCUT2D eigenvalue weighted by atomic mass is 16.6. The molecular formula is C16H22N4O4. The highest BCUT2D eigenvalue weighted by molar-refractivity contribution is 5.98. The minimum atomic E-state index is -0.729. The van der Waals surface area contributed by atoms with Crippen LogP contribution in [0.4, 0.5) is 11.5 Å². The monoisotopic (exact) mass is 334 g/mol. The average molecular weight is 334 g/mol. The highest BCUT2D eigenvalue weighted by Crippen LogP contribution is 2.39. The number of nitrogens with one attached hydrogen (secondary N) is 1. The summed E-state index contributed by atoms with van der Waals surface area (Å²) in [6.45, 7) is 0.663. The summed E-state index contributed by atoms with van der Waals surface area (Å²) in [6, 6.07) is 1.29. The van der Waals surface area contributed by atoms with Gasteiger partial charge in [-0.2, -0.15) is 0 Å². The first-order chi connectivity index (χ1) is 11.5. The molecule has 1 saturated carbocycles. The van der Waals surface area contributed by atoms with Gasteiger partial charge in [0.2, 0.25) is 0 Å². The summed E-state index contributed by atoms with van der Waals surface area (Å²) < 4.78 is 6.06. The lowest BCUT2D eigenvalue weighted by Crippen LogP contribution is -2.45. The molecule has 1 aromatic heterocycles. The molecule has 1 aliphatic carbocycles. The van der Waals surface area contributed by atoms with E-state index in [1.807, 2.05) is 0 Å². The lowest BCUT2D eigenvalue weighted by atomic mass is 9.78. The topological polar surface area (TPSA) is 120 Å². The quantitative estimate of drug-likeness (QED) is 0.644. The third-order valence-corrected chi connectivity index (χ3v) is 4.95. The Morgan fingerprint density at radius 2 is 2.17 bits per heavy atom. The minimum absolute atomic E-state index is 0.0494. The van der Waals surface area contributed by atoms with Crippen LogP contribution < -0.4 is 11.1 Å². The van der Waals surface area contributed by atoms with Crippen molar-refractivity contribution in [2.24, 2.45) is 5.73 Å². The van der Waals surface area contributed by atoms with E-state index in [4.69, 9.17) is 10.5 Å². The van der Waals surface area contributed by atoms with Gasteiger partial charge in [0.05, 0.1) is 16.1 Å². The van der Waals surface area contributed by atoms with Gasteiger partial charge < -0.3 is 15.8 Å². The molecule has 130 valence electrons. The second kappa shape index (κ2) is 6.72. The van der Waals surface area contributed by atoms with Crippen LogP contribution >= 0.6 is 0 Å². The van der Waals surface area contributed by atoms with Gasteiger partial charge in [0, 0.05) is 18.7 Å². The van der Waals surface area contributed by atoms with Crippen LogP contribution in [0, 0.1) is 10.1 Å². The highest BCUT2D eigenvalue weighted by Gasteiger charge is 2.38. The number of carbonyl (C=O) groups excluding carboxylic acids is 1. The number of nitrogens with zero attached hydrogens (tertiary/aromatic N) is 2. The van der Waals surface area contributed by atoms with E-state index in [2.05, 4.69) is 10.3 Å². The molecule has 1 saturated heterocycles. The smallest absolute Gasteiger partial charge is 0.288 e. The Morgan fingerprint density at radius 3 is 2.83 bits per heavy atom. The van der Waals surface area contributed by atoms with Crippen molar-refractivity contribution in [1.82, 2.24) is 4.98 Å². The molecule has 0 bridgehead atoms. The van der Waals surface area contributed by atoms with Crippen molar-refractivity contribution >= 4 is 17.4 Å². The third kappa shape index (κ3) is 3.48. The predicted molar refractivity (Wildman–Crippen MR) is 87.8 cm³/mol. The molecule has 1 aliphatic heterocycles. The molecule has 3 rings (SSSR count). The molecule has 24 heavy (non-hydrogen) atoms. The Balaban J connectivity index is 1.77. The number of ether oxygens (including phenoxy) is 1. The molecule has 8 heteroatoms. The maximum Gasteiger partial charge on any atom is 0.288 e. The second-order valence-corrected chi connectivity index (χ2v) is 6.64. The summed E-state index contributed by atoms with van der Waals surface area (Å²) >= 11 is 0. The van der Waals surface area contributed by atoms with E-state index < -0.39 is 10.8 Å². The van der Waals surface area contributed by atoms with Crippen molar-refractivity contribution in [3.8, 4) is 0 Å². The van der Waals surface area contributed by atoms with Gasteiger partial charge in [-0.15, -0.1) is 0 Å². The first-order valence-electron chi connectivity index (χ1n) is 8.34. The molecule has 2 aliphatic rings.